The highest BCUT2D eigenvalue weighted by Gasteiger charge is 2.23. The van der Waals surface area contributed by atoms with E-state index in [9.17, 15) is 5.11 Å². The number of nitrogens with one attached hydrogen (secondary N) is 1. The highest BCUT2D eigenvalue weighted by atomic mass is 16.3. The topological polar surface area (TPSA) is 58.3 Å². The summed E-state index contributed by atoms with van der Waals surface area (Å²) in [6.45, 7) is 2.35. The molecular formula is C6H14N2O. The summed E-state index contributed by atoms with van der Waals surface area (Å²) in [4.78, 5) is 0. The lowest BCUT2D eigenvalue weighted by atomic mass is 10.0. The Kier molecular flexibility index (Phi) is 2.45. The van der Waals surface area contributed by atoms with Crippen LogP contribution in [-0.2, 0) is 0 Å². The van der Waals surface area contributed by atoms with Crippen LogP contribution < -0.4 is 11.1 Å². The van der Waals surface area contributed by atoms with E-state index in [4.69, 9.17) is 5.73 Å². The van der Waals surface area contributed by atoms with Crippen LogP contribution >= 0.6 is 0 Å². The van der Waals surface area contributed by atoms with Gasteiger partial charge in [-0.2, -0.15) is 0 Å². The second kappa shape index (κ2) is 3.15. The van der Waals surface area contributed by atoms with E-state index in [2.05, 4.69) is 5.32 Å². The van der Waals surface area contributed by atoms with Gasteiger partial charge in [0, 0.05) is 13.1 Å². The standard InChI is InChI=1S/C6H14N2O/c7-2-1-5-3-8-4-6(5)9/h5-6,8-9H,1-4,7H2/t5?,6-/m0/s1. The van der Waals surface area contributed by atoms with Crippen LogP contribution in [0.5, 0.6) is 0 Å². The number of rotatable bonds is 2. The Hall–Kier alpha value is -0.120. The number of nitrogens with two attached hydrogens (primary N) is 1. The average molecular weight is 130 g/mol. The number of aliphatic hydroxyl groups is 1. The Morgan fingerprint density at radius 2 is 2.33 bits per heavy atom. The summed E-state index contributed by atoms with van der Waals surface area (Å²) in [5.41, 5.74) is 5.33. The molecule has 0 aromatic carbocycles. The van der Waals surface area contributed by atoms with Gasteiger partial charge < -0.3 is 16.2 Å². The number of hydrogen-bond donors (Lipinski definition) is 3. The number of β-amino-alcohol motifs (C(OH)–C–C–N with tert-alkyl or cyclic N) is 1. The third-order valence-corrected chi connectivity index (χ3v) is 1.84. The van der Waals surface area contributed by atoms with Gasteiger partial charge in [-0.3, -0.25) is 0 Å². The molecule has 1 aliphatic rings. The first kappa shape index (κ1) is 6.99. The van der Waals surface area contributed by atoms with Crippen molar-refractivity contribution in [1.82, 2.24) is 5.32 Å². The molecule has 0 bridgehead atoms. The highest BCUT2D eigenvalue weighted by molar-refractivity contribution is 4.80. The van der Waals surface area contributed by atoms with Crippen LogP contribution in [0.4, 0.5) is 0 Å². The number of hydrogen-bond acceptors (Lipinski definition) is 3. The average Bonchev–Trinajstić information content (AvgIpc) is 2.18. The first-order valence-corrected chi connectivity index (χ1v) is 3.43. The maximum absolute atomic E-state index is 9.20. The maximum atomic E-state index is 9.20. The van der Waals surface area contributed by atoms with Crippen molar-refractivity contribution in [3.05, 3.63) is 0 Å². The minimum atomic E-state index is -0.159. The van der Waals surface area contributed by atoms with Crippen LogP contribution in [0.25, 0.3) is 0 Å². The highest BCUT2D eigenvalue weighted by Crippen LogP contribution is 2.11. The molecule has 3 heteroatoms. The fourth-order valence-electron chi connectivity index (χ4n) is 1.23. The van der Waals surface area contributed by atoms with Crippen molar-refractivity contribution in [2.45, 2.75) is 12.5 Å². The minimum Gasteiger partial charge on any atom is -0.391 e. The van der Waals surface area contributed by atoms with Gasteiger partial charge in [0.1, 0.15) is 0 Å². The van der Waals surface area contributed by atoms with Gasteiger partial charge in [-0.15, -0.1) is 0 Å². The Bertz CT molecular complexity index is 87.1. The van der Waals surface area contributed by atoms with Crippen molar-refractivity contribution in [3.63, 3.8) is 0 Å². The summed E-state index contributed by atoms with van der Waals surface area (Å²) in [6.07, 6.45) is 0.780. The molecule has 0 spiro atoms. The zero-order chi connectivity index (χ0) is 6.69. The third kappa shape index (κ3) is 1.64. The monoisotopic (exact) mass is 130 g/mol. The van der Waals surface area contributed by atoms with Gasteiger partial charge in [0.2, 0.25) is 0 Å². The van der Waals surface area contributed by atoms with Gasteiger partial charge in [-0.1, -0.05) is 0 Å². The molecule has 1 heterocycles. The van der Waals surface area contributed by atoms with E-state index >= 15 is 0 Å². The van der Waals surface area contributed by atoms with E-state index in [0.717, 1.165) is 19.5 Å². The molecule has 4 N–H and O–H groups in total. The summed E-state index contributed by atoms with van der Waals surface area (Å²) in [6, 6.07) is 0. The van der Waals surface area contributed by atoms with Crippen molar-refractivity contribution in [3.8, 4) is 0 Å². The van der Waals surface area contributed by atoms with Crippen LogP contribution in [0.2, 0.25) is 0 Å². The molecule has 2 atom stereocenters. The van der Waals surface area contributed by atoms with Crippen LogP contribution in [0.3, 0.4) is 0 Å². The molecule has 1 rings (SSSR count). The molecule has 54 valence electrons. The molecule has 1 aliphatic heterocycles. The van der Waals surface area contributed by atoms with E-state index in [0.29, 0.717) is 12.5 Å². The second-order valence-corrected chi connectivity index (χ2v) is 2.56. The van der Waals surface area contributed by atoms with Gasteiger partial charge in [-0.05, 0) is 18.9 Å². The first-order chi connectivity index (χ1) is 4.34. The van der Waals surface area contributed by atoms with Crippen LogP contribution in [0.15, 0.2) is 0 Å². The van der Waals surface area contributed by atoms with Gasteiger partial charge >= 0.3 is 0 Å². The summed E-state index contributed by atoms with van der Waals surface area (Å²) >= 11 is 0. The predicted molar refractivity (Wildman–Crippen MR) is 36.0 cm³/mol. The van der Waals surface area contributed by atoms with E-state index in [1.807, 2.05) is 0 Å². The van der Waals surface area contributed by atoms with E-state index < -0.39 is 0 Å². The Labute approximate surface area is 55.2 Å². The van der Waals surface area contributed by atoms with Crippen LogP contribution in [0, 0.1) is 5.92 Å². The summed E-state index contributed by atoms with van der Waals surface area (Å²) in [5, 5.41) is 12.3. The largest absolute Gasteiger partial charge is 0.391 e. The summed E-state index contributed by atoms with van der Waals surface area (Å²) < 4.78 is 0. The van der Waals surface area contributed by atoms with Gasteiger partial charge in [0.05, 0.1) is 6.10 Å². The lowest BCUT2D eigenvalue weighted by Gasteiger charge is -2.09. The second-order valence-electron chi connectivity index (χ2n) is 2.56. The number of aliphatic hydroxyl groups excluding tert-OH is 1. The summed E-state index contributed by atoms with van der Waals surface area (Å²) in [5.74, 6) is 0.398. The fraction of sp³-hybridized carbons (Fsp3) is 1.00. The van der Waals surface area contributed by atoms with Crippen LogP contribution in [0.1, 0.15) is 6.42 Å². The molecule has 0 radical (unpaired) electrons. The normalized spacial score (nSPS) is 35.3. The molecule has 0 aromatic rings. The quantitative estimate of drug-likeness (QED) is 0.445. The van der Waals surface area contributed by atoms with E-state index in [1.54, 1.807) is 0 Å². The van der Waals surface area contributed by atoms with Crippen molar-refractivity contribution in [1.29, 1.82) is 0 Å². The van der Waals surface area contributed by atoms with Crippen molar-refractivity contribution in [2.75, 3.05) is 19.6 Å². The van der Waals surface area contributed by atoms with Gasteiger partial charge in [0.25, 0.3) is 0 Å². The molecule has 0 aromatic heterocycles. The van der Waals surface area contributed by atoms with Crippen molar-refractivity contribution in [2.24, 2.45) is 11.7 Å². The van der Waals surface area contributed by atoms with Crippen molar-refractivity contribution >= 4 is 0 Å². The molecule has 1 saturated heterocycles. The van der Waals surface area contributed by atoms with Crippen LogP contribution in [-0.4, -0.2) is 30.8 Å². The Morgan fingerprint density at radius 1 is 1.56 bits per heavy atom. The smallest absolute Gasteiger partial charge is 0.0705 e. The SMILES string of the molecule is NCCC1CNC[C@@H]1O. The molecule has 9 heavy (non-hydrogen) atoms. The lowest BCUT2D eigenvalue weighted by Crippen LogP contribution is -2.20. The van der Waals surface area contributed by atoms with E-state index in [1.165, 1.54) is 0 Å². The van der Waals surface area contributed by atoms with E-state index in [-0.39, 0.29) is 6.10 Å². The van der Waals surface area contributed by atoms with Gasteiger partial charge in [-0.25, -0.2) is 0 Å². The molecule has 0 aliphatic carbocycles. The third-order valence-electron chi connectivity index (χ3n) is 1.84. The zero-order valence-electron chi connectivity index (χ0n) is 5.51. The summed E-state index contributed by atoms with van der Waals surface area (Å²) in [7, 11) is 0. The molecule has 3 nitrogen and oxygen atoms in total. The molecule has 1 unspecified atom stereocenters. The molecule has 0 saturated carbocycles. The van der Waals surface area contributed by atoms with Crippen molar-refractivity contribution < 1.29 is 5.11 Å². The molecule has 1 fully saturated rings. The lowest BCUT2D eigenvalue weighted by molar-refractivity contribution is 0.144. The first-order valence-electron chi connectivity index (χ1n) is 3.43. The Morgan fingerprint density at radius 3 is 2.78 bits per heavy atom. The predicted octanol–water partition coefficient (Wildman–Crippen LogP) is -1.08. The zero-order valence-corrected chi connectivity index (χ0v) is 5.51. The van der Waals surface area contributed by atoms with Gasteiger partial charge in [0.15, 0.2) is 0 Å². The maximum Gasteiger partial charge on any atom is 0.0705 e. The Balaban J connectivity index is 2.22. The molecule has 0 amide bonds. The fourth-order valence-corrected chi connectivity index (χ4v) is 1.23. The molecular weight excluding hydrogens is 116 g/mol. The minimum absolute atomic E-state index is 0.159.